The van der Waals surface area contributed by atoms with Crippen molar-refractivity contribution in [2.75, 3.05) is 11.9 Å². The zero-order valence-electron chi connectivity index (χ0n) is 14.9. The average Bonchev–Trinajstić information content (AvgIpc) is 3.32. The fourth-order valence-corrected chi connectivity index (χ4v) is 3.28. The maximum atomic E-state index is 12.9. The van der Waals surface area contributed by atoms with Crippen LogP contribution in [-0.4, -0.2) is 32.6 Å². The summed E-state index contributed by atoms with van der Waals surface area (Å²) >= 11 is 0. The number of hydrogen-bond donors (Lipinski definition) is 4. The lowest BCUT2D eigenvalue weighted by molar-refractivity contribution is -0.117. The van der Waals surface area contributed by atoms with E-state index in [1.807, 2.05) is 43.6 Å². The molecule has 3 heterocycles. The van der Waals surface area contributed by atoms with Gasteiger partial charge in [-0.05, 0) is 24.1 Å². The third kappa shape index (κ3) is 3.20. The van der Waals surface area contributed by atoms with E-state index >= 15 is 0 Å². The van der Waals surface area contributed by atoms with Gasteiger partial charge in [-0.25, -0.2) is 0 Å². The highest BCUT2D eigenvalue weighted by molar-refractivity contribution is 6.07. The Kier molecular flexibility index (Phi) is 4.43. The third-order valence-electron chi connectivity index (χ3n) is 4.63. The van der Waals surface area contributed by atoms with Gasteiger partial charge in [0.1, 0.15) is 0 Å². The number of aromatic amines is 2. The Balaban J connectivity index is 1.66. The molecule has 1 atom stereocenters. The van der Waals surface area contributed by atoms with E-state index in [0.717, 1.165) is 33.2 Å². The van der Waals surface area contributed by atoms with Gasteiger partial charge in [-0.1, -0.05) is 18.2 Å². The Morgan fingerprint density at radius 1 is 1.26 bits per heavy atom. The number of anilines is 1. The molecule has 0 unspecified atom stereocenters. The molecule has 0 saturated heterocycles. The van der Waals surface area contributed by atoms with E-state index in [0.29, 0.717) is 5.69 Å². The molecule has 7 nitrogen and oxygen atoms in total. The summed E-state index contributed by atoms with van der Waals surface area (Å²) in [5.41, 5.74) is 11.3. The van der Waals surface area contributed by atoms with Gasteiger partial charge >= 0.3 is 0 Å². The van der Waals surface area contributed by atoms with Crippen LogP contribution < -0.4 is 11.1 Å². The number of aryl methyl sites for hydroxylation is 1. The SMILES string of the molecule is Cc1cncc([C@@H](CN)C(=O)Nc2cccc3c(-c4cn[nH]c4)c[nH]c23)c1. The Morgan fingerprint density at radius 2 is 2.15 bits per heavy atom. The van der Waals surface area contributed by atoms with E-state index in [1.54, 1.807) is 18.6 Å². The number of H-pyrrole nitrogens is 2. The molecule has 0 aliphatic heterocycles. The smallest absolute Gasteiger partial charge is 0.233 e. The highest BCUT2D eigenvalue weighted by Crippen LogP contribution is 2.32. The molecule has 1 aromatic carbocycles. The van der Waals surface area contributed by atoms with E-state index in [1.165, 1.54) is 0 Å². The van der Waals surface area contributed by atoms with Crippen molar-refractivity contribution < 1.29 is 4.79 Å². The minimum absolute atomic E-state index is 0.156. The number of aromatic nitrogens is 4. The molecule has 0 aliphatic rings. The molecule has 0 radical (unpaired) electrons. The molecule has 5 N–H and O–H groups in total. The van der Waals surface area contributed by atoms with Crippen LogP contribution in [-0.2, 0) is 4.79 Å². The van der Waals surface area contributed by atoms with E-state index in [4.69, 9.17) is 5.73 Å². The first-order chi connectivity index (χ1) is 13.2. The van der Waals surface area contributed by atoms with Crippen molar-refractivity contribution >= 4 is 22.5 Å². The molecule has 4 rings (SSSR count). The average molecular weight is 360 g/mol. The molecule has 0 bridgehead atoms. The largest absolute Gasteiger partial charge is 0.359 e. The fourth-order valence-electron chi connectivity index (χ4n) is 3.28. The second kappa shape index (κ2) is 7.05. The number of rotatable bonds is 5. The van der Waals surface area contributed by atoms with Crippen molar-refractivity contribution in [2.24, 2.45) is 5.73 Å². The van der Waals surface area contributed by atoms with Gasteiger partial charge in [0.15, 0.2) is 0 Å². The molecule has 136 valence electrons. The number of para-hydroxylation sites is 1. The van der Waals surface area contributed by atoms with Crippen molar-refractivity contribution in [1.82, 2.24) is 20.2 Å². The van der Waals surface area contributed by atoms with Gasteiger partial charge in [-0.3, -0.25) is 14.9 Å². The Morgan fingerprint density at radius 3 is 2.89 bits per heavy atom. The monoisotopic (exact) mass is 360 g/mol. The molecule has 1 amide bonds. The number of hydrogen-bond acceptors (Lipinski definition) is 4. The molecule has 0 saturated carbocycles. The minimum atomic E-state index is -0.462. The van der Waals surface area contributed by atoms with E-state index in [9.17, 15) is 4.79 Å². The van der Waals surface area contributed by atoms with Crippen LogP contribution in [0.3, 0.4) is 0 Å². The predicted octanol–water partition coefficient (Wildman–Crippen LogP) is 2.94. The molecule has 3 aromatic heterocycles. The van der Waals surface area contributed by atoms with Gasteiger partial charge in [0, 0.05) is 47.8 Å². The van der Waals surface area contributed by atoms with E-state index in [-0.39, 0.29) is 12.5 Å². The number of fused-ring (bicyclic) bond motifs is 1. The van der Waals surface area contributed by atoms with Gasteiger partial charge in [0.05, 0.1) is 23.3 Å². The lowest BCUT2D eigenvalue weighted by Crippen LogP contribution is -2.27. The van der Waals surface area contributed by atoms with Crippen molar-refractivity contribution in [3.8, 4) is 11.1 Å². The standard InChI is InChI=1S/C20H20N6O/c1-12-5-13(8-22-7-12)16(6-21)20(27)26-18-4-2-3-15-17(11-23-19(15)18)14-9-24-25-10-14/h2-5,7-11,16,23H,6,21H2,1H3,(H,24,25)(H,26,27)/t16-/m1/s1. The maximum absolute atomic E-state index is 12.9. The first kappa shape index (κ1) is 17.0. The van der Waals surface area contributed by atoms with Crippen LogP contribution in [0.5, 0.6) is 0 Å². The molecular weight excluding hydrogens is 340 g/mol. The highest BCUT2D eigenvalue weighted by Gasteiger charge is 2.21. The van der Waals surface area contributed by atoms with Crippen molar-refractivity contribution in [1.29, 1.82) is 0 Å². The van der Waals surface area contributed by atoms with E-state index in [2.05, 4.69) is 25.5 Å². The Labute approximate surface area is 156 Å². The maximum Gasteiger partial charge on any atom is 0.233 e. The van der Waals surface area contributed by atoms with Crippen LogP contribution in [0.25, 0.3) is 22.0 Å². The number of nitrogens with zero attached hydrogens (tertiary/aromatic N) is 2. The molecule has 4 aromatic rings. The number of amides is 1. The molecule has 0 fully saturated rings. The predicted molar refractivity (Wildman–Crippen MR) is 105 cm³/mol. The first-order valence-electron chi connectivity index (χ1n) is 8.69. The summed E-state index contributed by atoms with van der Waals surface area (Å²) in [5.74, 6) is -0.618. The van der Waals surface area contributed by atoms with Crippen LogP contribution in [0.4, 0.5) is 5.69 Å². The molecule has 27 heavy (non-hydrogen) atoms. The summed E-state index contributed by atoms with van der Waals surface area (Å²) < 4.78 is 0. The third-order valence-corrected chi connectivity index (χ3v) is 4.63. The van der Waals surface area contributed by atoms with Gasteiger partial charge in [0.2, 0.25) is 5.91 Å². The van der Waals surface area contributed by atoms with Gasteiger partial charge < -0.3 is 16.0 Å². The summed E-state index contributed by atoms with van der Waals surface area (Å²) in [7, 11) is 0. The lowest BCUT2D eigenvalue weighted by atomic mass is 9.98. The van der Waals surface area contributed by atoms with Crippen molar-refractivity contribution in [3.63, 3.8) is 0 Å². The Bertz CT molecular complexity index is 1080. The number of carbonyl (C=O) groups is 1. The molecule has 0 spiro atoms. The zero-order chi connectivity index (χ0) is 18.8. The number of pyridine rings is 1. The summed E-state index contributed by atoms with van der Waals surface area (Å²) in [6.45, 7) is 2.15. The van der Waals surface area contributed by atoms with Crippen LogP contribution >= 0.6 is 0 Å². The number of carbonyl (C=O) groups excluding carboxylic acids is 1. The summed E-state index contributed by atoms with van der Waals surface area (Å²) in [4.78, 5) is 20.3. The Hall–Kier alpha value is -3.45. The first-order valence-corrected chi connectivity index (χ1v) is 8.69. The normalized spacial score (nSPS) is 12.2. The number of nitrogens with two attached hydrogens (primary N) is 1. The van der Waals surface area contributed by atoms with Crippen LogP contribution in [0.15, 0.2) is 55.2 Å². The van der Waals surface area contributed by atoms with Gasteiger partial charge in [-0.2, -0.15) is 5.10 Å². The second-order valence-corrected chi connectivity index (χ2v) is 6.49. The van der Waals surface area contributed by atoms with Crippen molar-refractivity contribution in [3.05, 3.63) is 66.4 Å². The number of benzene rings is 1. The van der Waals surface area contributed by atoms with Crippen LogP contribution in [0.2, 0.25) is 0 Å². The topological polar surface area (TPSA) is 112 Å². The lowest BCUT2D eigenvalue weighted by Gasteiger charge is -2.16. The highest BCUT2D eigenvalue weighted by atomic mass is 16.1. The zero-order valence-corrected chi connectivity index (χ0v) is 14.9. The van der Waals surface area contributed by atoms with Crippen molar-refractivity contribution in [2.45, 2.75) is 12.8 Å². The molecule has 0 aliphatic carbocycles. The fraction of sp³-hybridized carbons (Fsp3) is 0.150. The summed E-state index contributed by atoms with van der Waals surface area (Å²) in [6.07, 6.45) is 8.96. The summed E-state index contributed by atoms with van der Waals surface area (Å²) in [6, 6.07) is 7.74. The minimum Gasteiger partial charge on any atom is -0.359 e. The summed E-state index contributed by atoms with van der Waals surface area (Å²) in [5, 5.41) is 10.8. The molecular formula is C20H20N6O. The van der Waals surface area contributed by atoms with Gasteiger partial charge in [-0.15, -0.1) is 0 Å². The van der Waals surface area contributed by atoms with Gasteiger partial charge in [0.25, 0.3) is 0 Å². The second-order valence-electron chi connectivity index (χ2n) is 6.49. The molecule has 7 heteroatoms. The number of nitrogens with one attached hydrogen (secondary N) is 3. The van der Waals surface area contributed by atoms with Crippen LogP contribution in [0, 0.1) is 6.92 Å². The van der Waals surface area contributed by atoms with Crippen LogP contribution in [0.1, 0.15) is 17.0 Å². The van der Waals surface area contributed by atoms with E-state index < -0.39 is 5.92 Å². The quantitative estimate of drug-likeness (QED) is 0.438.